The second-order valence-corrected chi connectivity index (χ2v) is 6.56. The minimum absolute atomic E-state index is 0.167. The van der Waals surface area contributed by atoms with Crippen molar-refractivity contribution >= 4 is 35.2 Å². The summed E-state index contributed by atoms with van der Waals surface area (Å²) in [6, 6.07) is 10.9. The van der Waals surface area contributed by atoms with Crippen molar-refractivity contribution in [3.8, 4) is 0 Å². The molecule has 1 aromatic heterocycles. The number of halogens is 1. The van der Waals surface area contributed by atoms with Crippen LogP contribution in [-0.4, -0.2) is 29.9 Å². The third-order valence-electron chi connectivity index (χ3n) is 4.37. The SMILES string of the molecule is O=C1C(=Cc2ccco2)N=C(N2CCCCC2)N1c1cccc(Cl)c1. The molecule has 4 rings (SSSR count). The number of guanidine groups is 1. The minimum atomic E-state index is -0.167. The van der Waals surface area contributed by atoms with Crippen LogP contribution in [0.2, 0.25) is 5.02 Å². The first-order valence-corrected chi connectivity index (χ1v) is 8.79. The van der Waals surface area contributed by atoms with Gasteiger partial charge in [-0.1, -0.05) is 17.7 Å². The van der Waals surface area contributed by atoms with Crippen LogP contribution in [0.5, 0.6) is 0 Å². The van der Waals surface area contributed by atoms with Gasteiger partial charge in [0.1, 0.15) is 11.5 Å². The smallest absolute Gasteiger partial charge is 0.284 e. The highest BCUT2D eigenvalue weighted by molar-refractivity contribution is 6.32. The topological polar surface area (TPSA) is 49.1 Å². The minimum Gasteiger partial charge on any atom is -0.465 e. The standard InChI is InChI=1S/C19H18ClN3O2/c20-14-6-4-7-15(12-14)23-18(24)17(13-16-8-5-11-25-16)21-19(23)22-9-2-1-3-10-22/h4-8,11-13H,1-3,9-10H2. The molecule has 1 aromatic carbocycles. The Morgan fingerprint density at radius 3 is 2.68 bits per heavy atom. The van der Waals surface area contributed by atoms with E-state index in [1.54, 1.807) is 41.5 Å². The molecule has 3 heterocycles. The van der Waals surface area contributed by atoms with E-state index in [-0.39, 0.29) is 5.91 Å². The van der Waals surface area contributed by atoms with Crippen LogP contribution in [0.3, 0.4) is 0 Å². The van der Waals surface area contributed by atoms with Crippen molar-refractivity contribution in [3.05, 3.63) is 59.1 Å². The van der Waals surface area contributed by atoms with Gasteiger partial charge in [0.15, 0.2) is 0 Å². The quantitative estimate of drug-likeness (QED) is 0.760. The number of hydrogen-bond acceptors (Lipinski definition) is 4. The number of aliphatic imine (C=N–C) groups is 1. The molecule has 0 N–H and O–H groups in total. The molecule has 2 aliphatic heterocycles. The number of carbonyl (C=O) groups excluding carboxylic acids is 1. The normalized spacial score (nSPS) is 19.6. The Hall–Kier alpha value is -2.53. The molecule has 6 heteroatoms. The Balaban J connectivity index is 1.75. The molecule has 0 saturated carbocycles. The van der Waals surface area contributed by atoms with E-state index in [0.29, 0.717) is 22.4 Å². The van der Waals surface area contributed by atoms with E-state index in [1.807, 2.05) is 12.1 Å². The highest BCUT2D eigenvalue weighted by Crippen LogP contribution is 2.29. The van der Waals surface area contributed by atoms with Gasteiger partial charge < -0.3 is 9.32 Å². The van der Waals surface area contributed by atoms with Gasteiger partial charge in [-0.3, -0.25) is 4.79 Å². The molecule has 5 nitrogen and oxygen atoms in total. The van der Waals surface area contributed by atoms with Crippen LogP contribution in [-0.2, 0) is 4.79 Å². The average Bonchev–Trinajstić information content (AvgIpc) is 3.25. The summed E-state index contributed by atoms with van der Waals surface area (Å²) < 4.78 is 5.33. The summed E-state index contributed by atoms with van der Waals surface area (Å²) >= 11 is 6.13. The Labute approximate surface area is 151 Å². The Morgan fingerprint density at radius 1 is 1.12 bits per heavy atom. The molecule has 0 atom stereocenters. The molecule has 0 spiro atoms. The molecule has 1 fully saturated rings. The zero-order chi connectivity index (χ0) is 17.2. The first kappa shape index (κ1) is 16.0. The van der Waals surface area contributed by atoms with Crippen molar-refractivity contribution in [2.24, 2.45) is 4.99 Å². The molecule has 0 aliphatic carbocycles. The number of hydrogen-bond donors (Lipinski definition) is 0. The van der Waals surface area contributed by atoms with E-state index in [4.69, 9.17) is 16.0 Å². The predicted molar refractivity (Wildman–Crippen MR) is 98.5 cm³/mol. The van der Waals surface area contributed by atoms with Crippen LogP contribution in [0, 0.1) is 0 Å². The van der Waals surface area contributed by atoms with Crippen molar-refractivity contribution in [2.45, 2.75) is 19.3 Å². The van der Waals surface area contributed by atoms with Crippen LogP contribution >= 0.6 is 11.6 Å². The number of carbonyl (C=O) groups is 1. The van der Waals surface area contributed by atoms with Crippen molar-refractivity contribution in [3.63, 3.8) is 0 Å². The second kappa shape index (κ2) is 6.76. The first-order chi connectivity index (χ1) is 12.2. The van der Waals surface area contributed by atoms with E-state index < -0.39 is 0 Å². The fraction of sp³-hybridized carbons (Fsp3) is 0.263. The average molecular weight is 356 g/mol. The number of piperidine rings is 1. The molecule has 2 aromatic rings. The van der Waals surface area contributed by atoms with Crippen molar-refractivity contribution in [1.29, 1.82) is 0 Å². The lowest BCUT2D eigenvalue weighted by atomic mass is 10.1. The van der Waals surface area contributed by atoms with Crippen molar-refractivity contribution in [2.75, 3.05) is 18.0 Å². The molecule has 0 bridgehead atoms. The molecular weight excluding hydrogens is 338 g/mol. The van der Waals surface area contributed by atoms with E-state index in [9.17, 15) is 4.79 Å². The number of rotatable bonds is 2. The van der Waals surface area contributed by atoms with Gasteiger partial charge in [-0.25, -0.2) is 9.89 Å². The maximum atomic E-state index is 13.0. The summed E-state index contributed by atoms with van der Waals surface area (Å²) in [5, 5.41) is 0.590. The molecule has 25 heavy (non-hydrogen) atoms. The Bertz CT molecular complexity index is 836. The van der Waals surface area contributed by atoms with E-state index >= 15 is 0 Å². The fourth-order valence-corrected chi connectivity index (χ4v) is 3.35. The lowest BCUT2D eigenvalue weighted by Crippen LogP contribution is -2.46. The number of furan rings is 1. The summed E-state index contributed by atoms with van der Waals surface area (Å²) in [6.45, 7) is 1.80. The number of amides is 1. The van der Waals surface area contributed by atoms with Gasteiger partial charge in [-0.05, 0) is 49.6 Å². The Morgan fingerprint density at radius 2 is 1.96 bits per heavy atom. The second-order valence-electron chi connectivity index (χ2n) is 6.12. The first-order valence-electron chi connectivity index (χ1n) is 8.41. The van der Waals surface area contributed by atoms with Crippen LogP contribution in [0.1, 0.15) is 25.0 Å². The molecule has 1 saturated heterocycles. The maximum Gasteiger partial charge on any atom is 0.284 e. The third-order valence-corrected chi connectivity index (χ3v) is 4.61. The van der Waals surface area contributed by atoms with E-state index in [1.165, 1.54) is 6.42 Å². The summed E-state index contributed by atoms with van der Waals surface area (Å²) in [4.78, 5) is 21.5. The van der Waals surface area contributed by atoms with Gasteiger partial charge in [0, 0.05) is 24.2 Å². The number of nitrogens with zero attached hydrogens (tertiary/aromatic N) is 3. The summed E-state index contributed by atoms with van der Waals surface area (Å²) in [5.74, 6) is 1.11. The van der Waals surface area contributed by atoms with Gasteiger partial charge in [0.05, 0.1) is 12.0 Å². The predicted octanol–water partition coefficient (Wildman–Crippen LogP) is 4.16. The maximum absolute atomic E-state index is 13.0. The molecule has 128 valence electrons. The third kappa shape index (κ3) is 3.20. The number of anilines is 1. The van der Waals surface area contributed by atoms with Crippen molar-refractivity contribution in [1.82, 2.24) is 4.90 Å². The van der Waals surface area contributed by atoms with Gasteiger partial charge in [0.2, 0.25) is 5.96 Å². The Kier molecular flexibility index (Phi) is 4.32. The van der Waals surface area contributed by atoms with Gasteiger partial charge in [-0.15, -0.1) is 0 Å². The molecule has 0 unspecified atom stereocenters. The fourth-order valence-electron chi connectivity index (χ4n) is 3.17. The van der Waals surface area contributed by atoms with E-state index in [0.717, 1.165) is 31.6 Å². The summed E-state index contributed by atoms with van der Waals surface area (Å²) in [6.07, 6.45) is 6.68. The van der Waals surface area contributed by atoms with Gasteiger partial charge >= 0.3 is 0 Å². The van der Waals surface area contributed by atoms with Crippen molar-refractivity contribution < 1.29 is 9.21 Å². The lowest BCUT2D eigenvalue weighted by molar-refractivity contribution is -0.113. The zero-order valence-corrected chi connectivity index (χ0v) is 14.4. The van der Waals surface area contributed by atoms with Crippen LogP contribution in [0.4, 0.5) is 5.69 Å². The molecule has 0 radical (unpaired) electrons. The highest BCUT2D eigenvalue weighted by atomic mass is 35.5. The molecular formula is C19H18ClN3O2. The monoisotopic (exact) mass is 355 g/mol. The van der Waals surface area contributed by atoms with Crippen LogP contribution < -0.4 is 4.90 Å². The van der Waals surface area contributed by atoms with E-state index in [2.05, 4.69) is 9.89 Å². The van der Waals surface area contributed by atoms with Gasteiger partial charge in [0.25, 0.3) is 5.91 Å². The van der Waals surface area contributed by atoms with Crippen LogP contribution in [0.25, 0.3) is 6.08 Å². The number of likely N-dealkylation sites (tertiary alicyclic amines) is 1. The van der Waals surface area contributed by atoms with Crippen LogP contribution in [0.15, 0.2) is 57.8 Å². The number of benzene rings is 1. The lowest BCUT2D eigenvalue weighted by Gasteiger charge is -2.32. The summed E-state index contributed by atoms with van der Waals surface area (Å²) in [5.41, 5.74) is 1.10. The molecule has 2 aliphatic rings. The molecule has 1 amide bonds. The largest absolute Gasteiger partial charge is 0.465 e. The zero-order valence-electron chi connectivity index (χ0n) is 13.7. The highest BCUT2D eigenvalue weighted by Gasteiger charge is 2.35. The summed E-state index contributed by atoms with van der Waals surface area (Å²) in [7, 11) is 0. The van der Waals surface area contributed by atoms with Gasteiger partial charge in [-0.2, -0.15) is 0 Å².